The molecule has 120 valence electrons. The van der Waals surface area contributed by atoms with Crippen LogP contribution in [-0.2, 0) is 6.42 Å². The van der Waals surface area contributed by atoms with Gasteiger partial charge in [0.2, 0.25) is 0 Å². The van der Waals surface area contributed by atoms with Gasteiger partial charge in [-0.15, -0.1) is 0 Å². The first-order valence-electron chi connectivity index (χ1n) is 8.31. The third kappa shape index (κ3) is 3.36. The summed E-state index contributed by atoms with van der Waals surface area (Å²) in [7, 11) is 0. The third-order valence-electron chi connectivity index (χ3n) is 4.39. The van der Waals surface area contributed by atoms with Crippen LogP contribution in [0.1, 0.15) is 42.7 Å². The zero-order chi connectivity index (χ0) is 16.2. The number of aryl methyl sites for hydroxylation is 1. The highest BCUT2D eigenvalue weighted by Crippen LogP contribution is 2.33. The molecule has 1 unspecified atom stereocenters. The molecule has 4 heteroatoms. The first-order chi connectivity index (χ1) is 11.2. The van der Waals surface area contributed by atoms with Gasteiger partial charge < -0.3 is 10.2 Å². The fraction of sp³-hybridized carbons (Fsp3) is 0.368. The topological polar surface area (TPSA) is 45.2 Å². The number of aromatic nitrogens is 1. The van der Waals surface area contributed by atoms with Crippen LogP contribution in [0.5, 0.6) is 0 Å². The second-order valence-corrected chi connectivity index (χ2v) is 6.07. The number of benzene rings is 1. The van der Waals surface area contributed by atoms with Crippen LogP contribution in [0.4, 0.5) is 11.4 Å². The minimum absolute atomic E-state index is 0.105. The Balaban J connectivity index is 1.88. The quantitative estimate of drug-likeness (QED) is 0.937. The van der Waals surface area contributed by atoms with Crippen molar-refractivity contribution in [2.24, 2.45) is 0 Å². The zero-order valence-corrected chi connectivity index (χ0v) is 13.7. The first-order valence-corrected chi connectivity index (χ1v) is 8.31. The van der Waals surface area contributed by atoms with Gasteiger partial charge in [0.05, 0.1) is 0 Å². The number of hydrogen-bond acceptors (Lipinski definition) is 3. The summed E-state index contributed by atoms with van der Waals surface area (Å²) >= 11 is 0. The van der Waals surface area contributed by atoms with E-state index in [1.165, 1.54) is 11.3 Å². The first kappa shape index (κ1) is 15.5. The molecule has 1 amide bonds. The van der Waals surface area contributed by atoms with Gasteiger partial charge in [-0.3, -0.25) is 9.78 Å². The highest BCUT2D eigenvalue weighted by Gasteiger charge is 2.19. The predicted octanol–water partition coefficient (Wildman–Crippen LogP) is 3.69. The number of carbonyl (C=O) groups is 1. The Bertz CT molecular complexity index is 699. The molecule has 1 aromatic heterocycles. The molecule has 0 radical (unpaired) electrons. The second-order valence-electron chi connectivity index (χ2n) is 6.07. The number of hydrogen-bond donors (Lipinski definition) is 1. The molecule has 23 heavy (non-hydrogen) atoms. The number of para-hydroxylation sites is 1. The van der Waals surface area contributed by atoms with Gasteiger partial charge >= 0.3 is 0 Å². The molecule has 0 saturated carbocycles. The average Bonchev–Trinajstić information content (AvgIpc) is 2.61. The molecule has 1 aromatic carbocycles. The van der Waals surface area contributed by atoms with E-state index in [1.807, 2.05) is 19.1 Å². The second kappa shape index (κ2) is 6.82. The molecular formula is C19H23N3O. The summed E-state index contributed by atoms with van der Waals surface area (Å²) in [6.45, 7) is 5.02. The minimum Gasteiger partial charge on any atom is -0.348 e. The smallest absolute Gasteiger partial charge is 0.270 e. The average molecular weight is 309 g/mol. The lowest BCUT2D eigenvalue weighted by molar-refractivity contribution is 0.0934. The molecule has 0 bridgehead atoms. The van der Waals surface area contributed by atoms with Gasteiger partial charge in [-0.1, -0.05) is 25.1 Å². The Morgan fingerprint density at radius 3 is 3.00 bits per heavy atom. The predicted molar refractivity (Wildman–Crippen MR) is 93.2 cm³/mol. The third-order valence-corrected chi connectivity index (χ3v) is 4.39. The van der Waals surface area contributed by atoms with Gasteiger partial charge in [-0.2, -0.15) is 0 Å². The van der Waals surface area contributed by atoms with Gasteiger partial charge in [-0.25, -0.2) is 0 Å². The maximum Gasteiger partial charge on any atom is 0.270 e. The van der Waals surface area contributed by atoms with Crippen LogP contribution in [-0.4, -0.2) is 23.5 Å². The van der Waals surface area contributed by atoms with Gasteiger partial charge in [0.1, 0.15) is 5.69 Å². The Labute approximate surface area is 137 Å². The summed E-state index contributed by atoms with van der Waals surface area (Å²) in [5.74, 6) is -0.105. The van der Waals surface area contributed by atoms with Crippen LogP contribution < -0.4 is 10.2 Å². The number of amides is 1. The molecule has 0 spiro atoms. The van der Waals surface area contributed by atoms with E-state index in [-0.39, 0.29) is 11.9 Å². The molecule has 2 aromatic rings. The number of carbonyl (C=O) groups excluding carboxylic acids is 1. The van der Waals surface area contributed by atoms with E-state index in [9.17, 15) is 4.79 Å². The normalized spacial score (nSPS) is 15.0. The largest absolute Gasteiger partial charge is 0.348 e. The van der Waals surface area contributed by atoms with Crippen molar-refractivity contribution in [2.45, 2.75) is 39.2 Å². The van der Waals surface area contributed by atoms with Crippen LogP contribution in [0.25, 0.3) is 0 Å². The van der Waals surface area contributed by atoms with Crippen LogP contribution in [0.3, 0.4) is 0 Å². The van der Waals surface area contributed by atoms with Crippen molar-refractivity contribution in [3.63, 3.8) is 0 Å². The Kier molecular flexibility index (Phi) is 4.60. The fourth-order valence-electron chi connectivity index (χ4n) is 2.91. The zero-order valence-electron chi connectivity index (χ0n) is 13.7. The van der Waals surface area contributed by atoms with Crippen LogP contribution >= 0.6 is 0 Å². The van der Waals surface area contributed by atoms with E-state index in [0.29, 0.717) is 5.69 Å². The molecule has 0 fully saturated rings. The summed E-state index contributed by atoms with van der Waals surface area (Å²) in [5.41, 5.74) is 4.10. The number of pyridine rings is 1. The van der Waals surface area contributed by atoms with Crippen LogP contribution in [0.2, 0.25) is 0 Å². The highest BCUT2D eigenvalue weighted by atomic mass is 16.1. The number of nitrogens with zero attached hydrogens (tertiary/aromatic N) is 2. The molecule has 1 N–H and O–H groups in total. The number of nitrogens with one attached hydrogen (secondary N) is 1. The molecule has 0 saturated heterocycles. The Hall–Kier alpha value is -2.36. The lowest BCUT2D eigenvalue weighted by Crippen LogP contribution is -2.32. The van der Waals surface area contributed by atoms with E-state index < -0.39 is 0 Å². The van der Waals surface area contributed by atoms with E-state index in [2.05, 4.69) is 46.4 Å². The molecule has 4 nitrogen and oxygen atoms in total. The summed E-state index contributed by atoms with van der Waals surface area (Å²) < 4.78 is 0. The van der Waals surface area contributed by atoms with Gasteiger partial charge in [0.15, 0.2) is 0 Å². The number of anilines is 2. The fourth-order valence-corrected chi connectivity index (χ4v) is 2.91. The lowest BCUT2D eigenvalue weighted by Gasteiger charge is -2.31. The number of rotatable bonds is 4. The van der Waals surface area contributed by atoms with Crippen molar-refractivity contribution in [1.29, 1.82) is 0 Å². The standard InChI is InChI=1S/C19H23N3O/c1-3-14(2)21-19(23)17-13-16(10-11-20-17)22-12-6-8-15-7-4-5-9-18(15)22/h4-5,7,9-11,13-14H,3,6,8,12H2,1-2H3,(H,21,23). The Morgan fingerprint density at radius 1 is 1.35 bits per heavy atom. The van der Waals surface area contributed by atoms with E-state index in [1.54, 1.807) is 6.20 Å². The molecular weight excluding hydrogens is 286 g/mol. The van der Waals surface area contributed by atoms with Crippen molar-refractivity contribution < 1.29 is 4.79 Å². The van der Waals surface area contributed by atoms with Crippen LogP contribution in [0.15, 0.2) is 42.6 Å². The van der Waals surface area contributed by atoms with Crippen molar-refractivity contribution in [3.05, 3.63) is 53.9 Å². The van der Waals surface area contributed by atoms with Crippen molar-refractivity contribution in [2.75, 3.05) is 11.4 Å². The van der Waals surface area contributed by atoms with Gasteiger partial charge in [0, 0.05) is 30.2 Å². The maximum absolute atomic E-state index is 12.3. The minimum atomic E-state index is -0.105. The van der Waals surface area contributed by atoms with Crippen LogP contribution in [0, 0.1) is 0 Å². The maximum atomic E-state index is 12.3. The van der Waals surface area contributed by atoms with E-state index >= 15 is 0 Å². The Morgan fingerprint density at radius 2 is 2.17 bits per heavy atom. The summed E-state index contributed by atoms with van der Waals surface area (Å²) in [6, 6.07) is 12.5. The molecule has 1 aliphatic heterocycles. The lowest BCUT2D eigenvalue weighted by atomic mass is 10.0. The van der Waals surface area contributed by atoms with Crippen molar-refractivity contribution >= 4 is 17.3 Å². The SMILES string of the molecule is CCC(C)NC(=O)c1cc(N2CCCc3ccccc32)ccn1. The number of fused-ring (bicyclic) bond motifs is 1. The van der Waals surface area contributed by atoms with E-state index in [0.717, 1.165) is 31.5 Å². The van der Waals surface area contributed by atoms with Crippen molar-refractivity contribution in [3.8, 4) is 0 Å². The molecule has 2 heterocycles. The molecule has 0 aliphatic carbocycles. The monoisotopic (exact) mass is 309 g/mol. The van der Waals surface area contributed by atoms with Gasteiger partial charge in [0.25, 0.3) is 5.91 Å². The van der Waals surface area contributed by atoms with Gasteiger partial charge in [-0.05, 0) is 49.9 Å². The molecule has 3 rings (SSSR count). The van der Waals surface area contributed by atoms with E-state index in [4.69, 9.17) is 0 Å². The summed E-state index contributed by atoms with van der Waals surface area (Å²) in [5, 5.41) is 2.98. The highest BCUT2D eigenvalue weighted by molar-refractivity contribution is 5.93. The summed E-state index contributed by atoms with van der Waals surface area (Å²) in [4.78, 5) is 18.8. The van der Waals surface area contributed by atoms with Crippen molar-refractivity contribution in [1.82, 2.24) is 10.3 Å². The molecule has 1 atom stereocenters. The summed E-state index contributed by atoms with van der Waals surface area (Å²) in [6.07, 6.45) is 4.86. The molecule has 1 aliphatic rings.